The summed E-state index contributed by atoms with van der Waals surface area (Å²) in [6, 6.07) is 0.277. The molecule has 1 aromatic rings. The molecule has 3 N–H and O–H groups in total. The lowest BCUT2D eigenvalue weighted by Crippen LogP contribution is -2.32. The van der Waals surface area contributed by atoms with Gasteiger partial charge in [0.15, 0.2) is 0 Å². The van der Waals surface area contributed by atoms with Gasteiger partial charge in [-0.1, -0.05) is 0 Å². The third kappa shape index (κ3) is 2.85. The highest BCUT2D eigenvalue weighted by Crippen LogP contribution is 2.25. The molecule has 0 aromatic carbocycles. The van der Waals surface area contributed by atoms with Gasteiger partial charge in [-0.05, 0) is 32.6 Å². The van der Waals surface area contributed by atoms with E-state index < -0.39 is 0 Å². The minimum absolute atomic E-state index is 0.105. The molecule has 17 heavy (non-hydrogen) atoms. The zero-order valence-electron chi connectivity index (χ0n) is 10.4. The molecule has 1 saturated carbocycles. The van der Waals surface area contributed by atoms with Crippen molar-refractivity contribution >= 4 is 11.6 Å². The summed E-state index contributed by atoms with van der Waals surface area (Å²) in [6.45, 7) is 1.90. The maximum absolute atomic E-state index is 12.0. The Morgan fingerprint density at radius 2 is 2.12 bits per heavy atom. The molecule has 1 fully saturated rings. The van der Waals surface area contributed by atoms with E-state index >= 15 is 0 Å². The summed E-state index contributed by atoms with van der Waals surface area (Å²) in [5.41, 5.74) is 7.50. The number of carbonyl (C=O) groups excluding carboxylic acids is 1. The summed E-state index contributed by atoms with van der Waals surface area (Å²) in [4.78, 5) is 12.0. The number of hydrogen-bond acceptors (Lipinski definition) is 3. The van der Waals surface area contributed by atoms with Gasteiger partial charge in [0.05, 0.1) is 11.4 Å². The molecule has 1 aliphatic rings. The third-order valence-electron chi connectivity index (χ3n) is 3.41. The van der Waals surface area contributed by atoms with Gasteiger partial charge in [0.2, 0.25) is 5.91 Å². The van der Waals surface area contributed by atoms with Crippen LogP contribution in [0.4, 0.5) is 5.69 Å². The fraction of sp³-hybridized carbons (Fsp3) is 0.667. The molecule has 0 atom stereocenters. The molecule has 0 saturated heterocycles. The maximum Gasteiger partial charge on any atom is 0.227 e. The first kappa shape index (κ1) is 12.1. The van der Waals surface area contributed by atoms with Gasteiger partial charge in [-0.25, -0.2) is 0 Å². The van der Waals surface area contributed by atoms with Crippen LogP contribution < -0.4 is 11.1 Å². The van der Waals surface area contributed by atoms with E-state index in [-0.39, 0.29) is 17.9 Å². The van der Waals surface area contributed by atoms with Crippen molar-refractivity contribution < 1.29 is 4.79 Å². The van der Waals surface area contributed by atoms with Crippen LogP contribution >= 0.6 is 0 Å². The Bertz CT molecular complexity index is 405. The first-order valence-electron chi connectivity index (χ1n) is 6.13. The first-order valence-corrected chi connectivity index (χ1v) is 6.13. The standard InChI is InChI=1S/C12H20N4O/c1-8-11(7-16(2)15-8)14-12(17)9-3-5-10(13)6-4-9/h7,9-10H,3-6,13H2,1-2H3,(H,14,17). The van der Waals surface area contributed by atoms with E-state index in [1.54, 1.807) is 4.68 Å². The Morgan fingerprint density at radius 1 is 1.47 bits per heavy atom. The summed E-state index contributed by atoms with van der Waals surface area (Å²) in [7, 11) is 1.85. The van der Waals surface area contributed by atoms with Gasteiger partial charge in [0.1, 0.15) is 0 Å². The van der Waals surface area contributed by atoms with Gasteiger partial charge in [-0.15, -0.1) is 0 Å². The molecule has 1 aromatic heterocycles. The van der Waals surface area contributed by atoms with Crippen molar-refractivity contribution in [1.82, 2.24) is 9.78 Å². The lowest BCUT2D eigenvalue weighted by Gasteiger charge is -2.24. The highest BCUT2D eigenvalue weighted by atomic mass is 16.1. The second-order valence-corrected chi connectivity index (χ2v) is 4.90. The lowest BCUT2D eigenvalue weighted by atomic mass is 9.86. The number of anilines is 1. The number of rotatable bonds is 2. The van der Waals surface area contributed by atoms with E-state index in [1.165, 1.54) is 0 Å². The van der Waals surface area contributed by atoms with Gasteiger partial charge in [-0.2, -0.15) is 5.10 Å². The van der Waals surface area contributed by atoms with Crippen LogP contribution in [0.3, 0.4) is 0 Å². The van der Waals surface area contributed by atoms with Crippen LogP contribution in [0.25, 0.3) is 0 Å². The molecule has 5 nitrogen and oxygen atoms in total. The number of amides is 1. The topological polar surface area (TPSA) is 72.9 Å². The molecule has 0 spiro atoms. The summed E-state index contributed by atoms with van der Waals surface area (Å²) < 4.78 is 1.71. The second kappa shape index (κ2) is 4.87. The van der Waals surface area contributed by atoms with Crippen LogP contribution in [0, 0.1) is 12.8 Å². The van der Waals surface area contributed by atoms with Crippen molar-refractivity contribution in [3.8, 4) is 0 Å². The number of hydrogen-bond donors (Lipinski definition) is 2. The number of aryl methyl sites for hydroxylation is 2. The van der Waals surface area contributed by atoms with Crippen molar-refractivity contribution in [2.75, 3.05) is 5.32 Å². The molecule has 2 rings (SSSR count). The lowest BCUT2D eigenvalue weighted by molar-refractivity contribution is -0.120. The Labute approximate surface area is 101 Å². The van der Waals surface area contributed by atoms with Crippen LogP contribution in [0.2, 0.25) is 0 Å². The van der Waals surface area contributed by atoms with Crippen LogP contribution in [0.1, 0.15) is 31.4 Å². The predicted octanol–water partition coefficient (Wildman–Crippen LogP) is 1.18. The van der Waals surface area contributed by atoms with Crippen molar-refractivity contribution in [2.24, 2.45) is 18.7 Å². The van der Waals surface area contributed by atoms with E-state index in [0.717, 1.165) is 37.1 Å². The van der Waals surface area contributed by atoms with Crippen molar-refractivity contribution in [3.05, 3.63) is 11.9 Å². The maximum atomic E-state index is 12.0. The molecule has 0 bridgehead atoms. The largest absolute Gasteiger partial charge is 0.328 e. The van der Waals surface area contributed by atoms with E-state index in [1.807, 2.05) is 20.2 Å². The van der Waals surface area contributed by atoms with E-state index in [4.69, 9.17) is 5.73 Å². The zero-order chi connectivity index (χ0) is 12.4. The average molecular weight is 236 g/mol. The molecule has 5 heteroatoms. The van der Waals surface area contributed by atoms with Crippen molar-refractivity contribution in [1.29, 1.82) is 0 Å². The number of nitrogens with two attached hydrogens (primary N) is 1. The van der Waals surface area contributed by atoms with E-state index in [2.05, 4.69) is 10.4 Å². The summed E-state index contributed by atoms with van der Waals surface area (Å²) in [6.07, 6.45) is 5.52. The van der Waals surface area contributed by atoms with E-state index in [9.17, 15) is 4.79 Å². The fourth-order valence-corrected chi connectivity index (χ4v) is 2.34. The Hall–Kier alpha value is -1.36. The smallest absolute Gasteiger partial charge is 0.227 e. The molecule has 1 amide bonds. The zero-order valence-corrected chi connectivity index (χ0v) is 10.4. The number of nitrogens with zero attached hydrogens (tertiary/aromatic N) is 2. The highest BCUT2D eigenvalue weighted by Gasteiger charge is 2.25. The summed E-state index contributed by atoms with van der Waals surface area (Å²) in [5.74, 6) is 0.211. The Morgan fingerprint density at radius 3 is 2.65 bits per heavy atom. The molecular formula is C12H20N4O. The fourth-order valence-electron chi connectivity index (χ4n) is 2.34. The van der Waals surface area contributed by atoms with Gasteiger partial charge in [-0.3, -0.25) is 9.48 Å². The molecule has 0 aliphatic heterocycles. The minimum Gasteiger partial charge on any atom is -0.328 e. The molecule has 1 heterocycles. The number of carbonyl (C=O) groups is 1. The molecule has 1 aliphatic carbocycles. The van der Waals surface area contributed by atoms with Crippen molar-refractivity contribution in [2.45, 2.75) is 38.6 Å². The molecule has 94 valence electrons. The van der Waals surface area contributed by atoms with Gasteiger partial charge < -0.3 is 11.1 Å². The molecule has 0 unspecified atom stereocenters. The Kier molecular flexibility index (Phi) is 3.47. The van der Waals surface area contributed by atoms with Crippen LogP contribution in [0.5, 0.6) is 0 Å². The SMILES string of the molecule is Cc1nn(C)cc1NC(=O)C1CCC(N)CC1. The van der Waals surface area contributed by atoms with Crippen molar-refractivity contribution in [3.63, 3.8) is 0 Å². The average Bonchev–Trinajstić information content (AvgIpc) is 2.58. The predicted molar refractivity (Wildman–Crippen MR) is 66.5 cm³/mol. The summed E-state index contributed by atoms with van der Waals surface area (Å²) >= 11 is 0. The second-order valence-electron chi connectivity index (χ2n) is 4.90. The van der Waals surface area contributed by atoms with Gasteiger partial charge >= 0.3 is 0 Å². The van der Waals surface area contributed by atoms with Crippen LogP contribution in [0.15, 0.2) is 6.20 Å². The monoisotopic (exact) mass is 236 g/mol. The Balaban J connectivity index is 1.95. The van der Waals surface area contributed by atoms with Gasteiger partial charge in [0, 0.05) is 25.2 Å². The van der Waals surface area contributed by atoms with Gasteiger partial charge in [0.25, 0.3) is 0 Å². The van der Waals surface area contributed by atoms with E-state index in [0.29, 0.717) is 0 Å². The molecular weight excluding hydrogens is 216 g/mol. The summed E-state index contributed by atoms with van der Waals surface area (Å²) in [5, 5.41) is 7.16. The third-order valence-corrected chi connectivity index (χ3v) is 3.41. The number of nitrogens with one attached hydrogen (secondary N) is 1. The normalized spacial score (nSPS) is 24.6. The van der Waals surface area contributed by atoms with Crippen LogP contribution in [-0.4, -0.2) is 21.7 Å². The van der Waals surface area contributed by atoms with Crippen LogP contribution in [-0.2, 0) is 11.8 Å². The quantitative estimate of drug-likeness (QED) is 0.810. The first-order chi connectivity index (χ1) is 8.06. The number of aromatic nitrogens is 2. The molecule has 0 radical (unpaired) electrons. The minimum atomic E-state index is 0.105. The highest BCUT2D eigenvalue weighted by molar-refractivity contribution is 5.92.